The van der Waals surface area contributed by atoms with Crippen molar-refractivity contribution in [2.45, 2.75) is 38.1 Å². The van der Waals surface area contributed by atoms with Crippen LogP contribution in [-0.2, 0) is 21.1 Å². The number of hydrogen-bond acceptors (Lipinski definition) is 6. The number of piperidine rings is 1. The van der Waals surface area contributed by atoms with Crippen LogP contribution < -0.4 is 0 Å². The molecule has 0 N–H and O–H groups in total. The standard InChI is InChI=1S/C17H22N4O4S/c22-16-5-1-2-8-20(16)9-6-15-18-17(14-4-3-10-25-14)19-21(15)13-7-11-26(23,24)12-13/h3-4,10,13H,1-2,5-9,11-12H2/t13-/m0/s1. The van der Waals surface area contributed by atoms with Crippen molar-refractivity contribution in [3.8, 4) is 11.6 Å². The van der Waals surface area contributed by atoms with E-state index in [1.807, 2.05) is 4.90 Å². The van der Waals surface area contributed by atoms with E-state index >= 15 is 0 Å². The zero-order valence-electron chi connectivity index (χ0n) is 14.5. The zero-order valence-corrected chi connectivity index (χ0v) is 15.3. The number of carbonyl (C=O) groups excluding carboxylic acids is 1. The number of likely N-dealkylation sites (tertiary alicyclic amines) is 1. The van der Waals surface area contributed by atoms with Gasteiger partial charge in [-0.05, 0) is 31.4 Å². The van der Waals surface area contributed by atoms with Crippen molar-refractivity contribution in [2.24, 2.45) is 0 Å². The number of rotatable bonds is 5. The van der Waals surface area contributed by atoms with Crippen molar-refractivity contribution in [1.82, 2.24) is 19.7 Å². The van der Waals surface area contributed by atoms with Crippen LogP contribution in [0.1, 0.15) is 37.5 Å². The lowest BCUT2D eigenvalue weighted by atomic mass is 10.1. The number of hydrogen-bond donors (Lipinski definition) is 0. The maximum atomic E-state index is 12.0. The fraction of sp³-hybridized carbons (Fsp3) is 0.588. The van der Waals surface area contributed by atoms with Gasteiger partial charge in [-0.3, -0.25) is 4.79 Å². The highest BCUT2D eigenvalue weighted by Crippen LogP contribution is 2.26. The molecule has 0 aliphatic carbocycles. The van der Waals surface area contributed by atoms with Crippen LogP contribution >= 0.6 is 0 Å². The van der Waals surface area contributed by atoms with E-state index in [2.05, 4.69) is 10.1 Å². The monoisotopic (exact) mass is 378 g/mol. The molecule has 0 aromatic carbocycles. The van der Waals surface area contributed by atoms with Gasteiger partial charge in [0.05, 0.1) is 23.8 Å². The van der Waals surface area contributed by atoms with Crippen LogP contribution in [0.25, 0.3) is 11.6 Å². The Morgan fingerprint density at radius 1 is 1.31 bits per heavy atom. The third kappa shape index (κ3) is 3.53. The van der Waals surface area contributed by atoms with Crippen molar-refractivity contribution >= 4 is 15.7 Å². The number of furan rings is 1. The first-order chi connectivity index (χ1) is 12.5. The molecule has 0 radical (unpaired) electrons. The van der Waals surface area contributed by atoms with Crippen LogP contribution in [0.4, 0.5) is 0 Å². The van der Waals surface area contributed by atoms with E-state index in [4.69, 9.17) is 4.42 Å². The Morgan fingerprint density at radius 2 is 2.19 bits per heavy atom. The third-order valence-corrected chi connectivity index (χ3v) is 6.77. The van der Waals surface area contributed by atoms with E-state index in [9.17, 15) is 13.2 Å². The molecule has 4 heterocycles. The number of sulfone groups is 1. The molecular formula is C17H22N4O4S. The van der Waals surface area contributed by atoms with E-state index < -0.39 is 9.84 Å². The summed E-state index contributed by atoms with van der Waals surface area (Å²) in [5.74, 6) is 2.16. The smallest absolute Gasteiger partial charge is 0.222 e. The summed E-state index contributed by atoms with van der Waals surface area (Å²) in [6.07, 6.45) is 5.23. The average Bonchev–Trinajstić information content (AvgIpc) is 3.33. The van der Waals surface area contributed by atoms with Crippen LogP contribution in [0.2, 0.25) is 0 Å². The maximum absolute atomic E-state index is 12.0. The minimum atomic E-state index is -3.03. The lowest BCUT2D eigenvalue weighted by Crippen LogP contribution is -2.37. The Morgan fingerprint density at radius 3 is 2.88 bits per heavy atom. The van der Waals surface area contributed by atoms with Gasteiger partial charge >= 0.3 is 0 Å². The molecule has 2 aromatic rings. The van der Waals surface area contributed by atoms with Crippen molar-refractivity contribution in [3.05, 3.63) is 24.2 Å². The fourth-order valence-electron chi connectivity index (χ4n) is 3.63. The number of nitrogens with zero attached hydrogens (tertiary/aromatic N) is 4. The Hall–Kier alpha value is -2.16. The second-order valence-electron chi connectivity index (χ2n) is 6.92. The summed E-state index contributed by atoms with van der Waals surface area (Å²) in [5, 5.41) is 4.53. The molecule has 2 saturated heterocycles. The molecule has 140 valence electrons. The first-order valence-corrected chi connectivity index (χ1v) is 10.8. The molecule has 2 aromatic heterocycles. The highest BCUT2D eigenvalue weighted by atomic mass is 32.2. The lowest BCUT2D eigenvalue weighted by Gasteiger charge is -2.26. The predicted molar refractivity (Wildman–Crippen MR) is 94.2 cm³/mol. The van der Waals surface area contributed by atoms with Crippen LogP contribution in [0.5, 0.6) is 0 Å². The van der Waals surface area contributed by atoms with Crippen molar-refractivity contribution in [3.63, 3.8) is 0 Å². The molecular weight excluding hydrogens is 356 g/mol. The van der Waals surface area contributed by atoms with Gasteiger partial charge in [-0.2, -0.15) is 0 Å². The van der Waals surface area contributed by atoms with Gasteiger partial charge in [0.15, 0.2) is 15.6 Å². The third-order valence-electron chi connectivity index (χ3n) is 5.02. The van der Waals surface area contributed by atoms with E-state index in [1.165, 1.54) is 0 Å². The molecule has 0 saturated carbocycles. The predicted octanol–water partition coefficient (Wildman–Crippen LogP) is 1.45. The first-order valence-electron chi connectivity index (χ1n) is 8.99. The van der Waals surface area contributed by atoms with E-state index in [0.29, 0.717) is 43.2 Å². The fourth-order valence-corrected chi connectivity index (χ4v) is 5.32. The molecule has 9 heteroatoms. The number of aromatic nitrogens is 3. The molecule has 26 heavy (non-hydrogen) atoms. The molecule has 2 aliphatic rings. The largest absolute Gasteiger partial charge is 0.461 e. The highest BCUT2D eigenvalue weighted by Gasteiger charge is 2.32. The second kappa shape index (κ2) is 6.86. The average molecular weight is 378 g/mol. The minimum absolute atomic E-state index is 0.0869. The van der Waals surface area contributed by atoms with E-state index in [1.54, 1.807) is 23.1 Å². The summed E-state index contributed by atoms with van der Waals surface area (Å²) < 4.78 is 30.9. The van der Waals surface area contributed by atoms with Crippen LogP contribution in [0, 0.1) is 0 Å². The van der Waals surface area contributed by atoms with Gasteiger partial charge in [0.2, 0.25) is 11.7 Å². The molecule has 0 spiro atoms. The van der Waals surface area contributed by atoms with E-state index in [-0.39, 0.29) is 23.5 Å². The number of amides is 1. The lowest BCUT2D eigenvalue weighted by molar-refractivity contribution is -0.133. The Balaban J connectivity index is 1.58. The van der Waals surface area contributed by atoms with Gasteiger partial charge in [-0.25, -0.2) is 18.1 Å². The van der Waals surface area contributed by atoms with Crippen LogP contribution in [0.15, 0.2) is 22.8 Å². The normalized spacial score (nSPS) is 22.8. The van der Waals surface area contributed by atoms with Gasteiger partial charge in [0.1, 0.15) is 5.82 Å². The van der Waals surface area contributed by atoms with Gasteiger partial charge in [-0.1, -0.05) is 0 Å². The Bertz CT molecular complexity index is 888. The first kappa shape index (κ1) is 17.3. The summed E-state index contributed by atoms with van der Waals surface area (Å²) in [4.78, 5) is 18.5. The van der Waals surface area contributed by atoms with Crippen LogP contribution in [-0.4, -0.2) is 58.6 Å². The van der Waals surface area contributed by atoms with Crippen LogP contribution in [0.3, 0.4) is 0 Å². The van der Waals surface area contributed by atoms with Gasteiger partial charge in [0.25, 0.3) is 0 Å². The molecule has 2 fully saturated rings. The molecule has 0 bridgehead atoms. The van der Waals surface area contributed by atoms with Gasteiger partial charge in [0, 0.05) is 25.9 Å². The second-order valence-corrected chi connectivity index (χ2v) is 9.15. The Kier molecular flexibility index (Phi) is 4.56. The van der Waals surface area contributed by atoms with Crippen molar-refractivity contribution in [2.75, 3.05) is 24.6 Å². The number of carbonyl (C=O) groups is 1. The minimum Gasteiger partial charge on any atom is -0.461 e. The summed E-state index contributed by atoms with van der Waals surface area (Å²) in [6.45, 7) is 1.35. The zero-order chi connectivity index (χ0) is 18.1. The van der Waals surface area contributed by atoms with Gasteiger partial charge in [-0.15, -0.1) is 5.10 Å². The van der Waals surface area contributed by atoms with Crippen molar-refractivity contribution < 1.29 is 17.6 Å². The molecule has 8 nitrogen and oxygen atoms in total. The SMILES string of the molecule is O=C1CCCCN1CCc1nc(-c2ccco2)nn1[C@H]1CCS(=O)(=O)C1. The summed E-state index contributed by atoms with van der Waals surface area (Å²) >= 11 is 0. The quantitative estimate of drug-likeness (QED) is 0.781. The molecule has 1 atom stereocenters. The van der Waals surface area contributed by atoms with E-state index in [0.717, 1.165) is 19.4 Å². The molecule has 2 aliphatic heterocycles. The summed E-state index contributed by atoms with van der Waals surface area (Å²) in [7, 11) is -3.03. The summed E-state index contributed by atoms with van der Waals surface area (Å²) in [6, 6.07) is 3.34. The molecule has 0 unspecified atom stereocenters. The topological polar surface area (TPSA) is 98.3 Å². The van der Waals surface area contributed by atoms with Gasteiger partial charge < -0.3 is 9.32 Å². The van der Waals surface area contributed by atoms with Crippen molar-refractivity contribution in [1.29, 1.82) is 0 Å². The summed E-state index contributed by atoms with van der Waals surface area (Å²) in [5.41, 5.74) is 0. The molecule has 4 rings (SSSR count). The Labute approximate surface area is 152 Å². The maximum Gasteiger partial charge on any atom is 0.222 e. The molecule has 1 amide bonds. The highest BCUT2D eigenvalue weighted by molar-refractivity contribution is 7.91.